The lowest BCUT2D eigenvalue weighted by Crippen LogP contribution is -2.01. The molecule has 0 unspecified atom stereocenters. The molecule has 0 atom stereocenters. The Bertz CT molecular complexity index is 9440. The van der Waals surface area contributed by atoms with Crippen LogP contribution in [-0.2, 0) is 0 Å². The molecule has 0 bridgehead atoms. The van der Waals surface area contributed by atoms with E-state index in [4.69, 9.17) is 59.8 Å². The highest BCUT2D eigenvalue weighted by Gasteiger charge is 2.25. The Morgan fingerprint density at radius 3 is 0.459 bits per heavy atom. The van der Waals surface area contributed by atoms with Crippen LogP contribution in [0, 0.1) is 0 Å². The maximum Gasteiger partial charge on any atom is 0.164 e. The Labute approximate surface area is 850 Å². The van der Waals surface area contributed by atoms with Crippen LogP contribution in [0.25, 0.3) is 269 Å². The molecule has 0 aliphatic heterocycles. The molecule has 0 aliphatic carbocycles. The predicted molar refractivity (Wildman–Crippen MR) is 600 cm³/mol. The molecule has 8 aromatic heterocycles. The number of aromatic nitrogens is 16. The Balaban J connectivity index is 0.000000146. The average molecular weight is 1890 g/mol. The Kier molecular flexibility index (Phi) is 21.8. The van der Waals surface area contributed by atoms with Gasteiger partial charge in [-0.15, -0.1) is 0 Å². The minimum absolute atomic E-state index is 0.615. The summed E-state index contributed by atoms with van der Waals surface area (Å²) in [5, 5.41) is 9.42. The second kappa shape index (κ2) is 37.3. The molecule has 0 radical (unpaired) electrons. The Morgan fingerprint density at radius 2 is 0.250 bits per heavy atom. The summed E-state index contributed by atoms with van der Waals surface area (Å²) in [7, 11) is 0. The van der Waals surface area contributed by atoms with E-state index in [0.717, 1.165) is 156 Å². The van der Waals surface area contributed by atoms with E-state index in [0.29, 0.717) is 69.9 Å². The van der Waals surface area contributed by atoms with Crippen molar-refractivity contribution in [2.24, 2.45) is 0 Å². The molecule has 0 amide bonds. The number of benzene rings is 20. The van der Waals surface area contributed by atoms with Gasteiger partial charge in [0, 0.05) is 133 Å². The summed E-state index contributed by atoms with van der Waals surface area (Å²) in [5.74, 6) is 7.55. The van der Waals surface area contributed by atoms with Crippen LogP contribution < -0.4 is 0 Å². The molecule has 0 aliphatic rings. The summed E-state index contributed by atoms with van der Waals surface area (Å²) >= 11 is 0. The van der Waals surface area contributed by atoms with Crippen molar-refractivity contribution in [2.75, 3.05) is 0 Å². The van der Waals surface area contributed by atoms with Crippen molar-refractivity contribution in [3.8, 4) is 182 Å². The van der Waals surface area contributed by atoms with Crippen LogP contribution in [0.5, 0.6) is 0 Å². The van der Waals surface area contributed by atoms with Crippen molar-refractivity contribution in [3.63, 3.8) is 0 Å². The first-order valence-corrected chi connectivity index (χ1v) is 49.4. The lowest BCUT2D eigenvalue weighted by Gasteiger charge is -2.12. The molecular weight excluding hydrogens is 1810 g/mol. The van der Waals surface area contributed by atoms with Gasteiger partial charge in [0.2, 0.25) is 0 Å². The molecule has 16 heteroatoms. The van der Waals surface area contributed by atoms with E-state index >= 15 is 0 Å². The van der Waals surface area contributed by atoms with Crippen LogP contribution in [0.15, 0.2) is 510 Å². The van der Waals surface area contributed by atoms with E-state index in [-0.39, 0.29) is 0 Å². The largest absolute Gasteiger partial charge is 0.309 e. The topological polar surface area (TPSA) is 174 Å². The summed E-state index contributed by atoms with van der Waals surface area (Å²) in [6, 6.07) is 177. The van der Waals surface area contributed by atoms with Gasteiger partial charge in [-0.1, -0.05) is 376 Å². The molecule has 16 nitrogen and oxygen atoms in total. The monoisotopic (exact) mass is 1890 g/mol. The van der Waals surface area contributed by atoms with Crippen molar-refractivity contribution >= 4 is 87.2 Å². The first-order valence-electron chi connectivity index (χ1n) is 49.4. The lowest BCUT2D eigenvalue weighted by molar-refractivity contribution is 1.07. The second-order valence-electron chi connectivity index (χ2n) is 36.7. The van der Waals surface area contributed by atoms with Gasteiger partial charge in [0.15, 0.2) is 69.9 Å². The zero-order chi connectivity index (χ0) is 97.9. The molecule has 28 aromatic rings. The van der Waals surface area contributed by atoms with E-state index in [1.54, 1.807) is 0 Å². The van der Waals surface area contributed by atoms with Gasteiger partial charge in [0.05, 0.1) is 44.1 Å². The molecule has 0 saturated heterocycles. The summed E-state index contributed by atoms with van der Waals surface area (Å²) in [6.07, 6.45) is 0. The minimum Gasteiger partial charge on any atom is -0.309 e. The van der Waals surface area contributed by atoms with Gasteiger partial charge in [-0.3, -0.25) is 0 Å². The zero-order valence-electron chi connectivity index (χ0n) is 79.7. The standard InChI is InChI=1S/2C66H42N8/c1-5-19-43(20-6-1)61-67-62(44-21-7-2-8-22-44)70-65(69-61)49-27-17-29-51(39-49)73-57-33-15-13-31-53(57)55-41-47(35-37-59(55)73)48-36-38-60-56(42-48)54-32-14-16-34-58(54)74(60)52-30-18-28-50(40-52)66-71-63(45-23-9-3-10-24-45)68-64(72-66)46-25-11-4-12-26-46;1-5-18-43(19-6-1)61-67-62(44-20-7-2-8-21-44)70-65(69-61)47-32-36-51(37-33-47)73-57-30-15-13-28-53(57)55-41-48(34-38-59(55)73)49-35-39-60-56(42-49)54-29-14-16-31-58(54)74(60)52-27-17-26-50(40-52)66-71-63(45-22-9-3-10-23-45)68-64(72-66)46-24-11-4-12-25-46/h2*1-42H. The third kappa shape index (κ3) is 16.2. The molecule has 0 saturated carbocycles. The highest BCUT2D eigenvalue weighted by molar-refractivity contribution is 6.15. The van der Waals surface area contributed by atoms with Crippen LogP contribution in [0.4, 0.5) is 0 Å². The highest BCUT2D eigenvalue weighted by Crippen LogP contribution is 2.45. The summed E-state index contributed by atoms with van der Waals surface area (Å²) in [4.78, 5) is 60.0. The Morgan fingerprint density at radius 1 is 0.0946 bits per heavy atom. The number of hydrogen-bond donors (Lipinski definition) is 0. The van der Waals surface area contributed by atoms with Gasteiger partial charge in [0.1, 0.15) is 0 Å². The maximum atomic E-state index is 5.05. The van der Waals surface area contributed by atoms with E-state index in [9.17, 15) is 0 Å². The number of fused-ring (bicyclic) bond motifs is 12. The van der Waals surface area contributed by atoms with Crippen molar-refractivity contribution in [2.45, 2.75) is 0 Å². The van der Waals surface area contributed by atoms with Crippen LogP contribution in [0.3, 0.4) is 0 Å². The van der Waals surface area contributed by atoms with Crippen LogP contribution >= 0.6 is 0 Å². The van der Waals surface area contributed by atoms with Crippen molar-refractivity contribution in [1.29, 1.82) is 0 Å². The smallest absolute Gasteiger partial charge is 0.164 e. The summed E-state index contributed by atoms with van der Waals surface area (Å²) in [5.41, 5.74) is 28.8. The van der Waals surface area contributed by atoms with Crippen LogP contribution in [0.2, 0.25) is 0 Å². The lowest BCUT2D eigenvalue weighted by atomic mass is 10.0. The summed E-state index contributed by atoms with van der Waals surface area (Å²) < 4.78 is 9.40. The van der Waals surface area contributed by atoms with Crippen molar-refractivity contribution in [3.05, 3.63) is 510 Å². The molecule has 0 spiro atoms. The number of rotatable bonds is 18. The van der Waals surface area contributed by atoms with Crippen LogP contribution in [0.1, 0.15) is 0 Å². The molecule has 28 rings (SSSR count). The number of para-hydroxylation sites is 4. The molecular formula is C132H84N16. The average Bonchev–Trinajstić information content (AvgIpc) is 1.59. The van der Waals surface area contributed by atoms with E-state index in [2.05, 4.69) is 285 Å². The molecule has 692 valence electrons. The third-order valence-electron chi connectivity index (χ3n) is 27.6. The molecule has 0 N–H and O–H groups in total. The third-order valence-corrected chi connectivity index (χ3v) is 27.6. The maximum absolute atomic E-state index is 5.05. The molecule has 0 fully saturated rings. The SMILES string of the molecule is c1ccc(-c2nc(-c3ccccc3)nc(-c3ccc(-n4c5ccccc5c5cc(-c6ccc7c(c6)c6ccccc6n7-c6cccc(-c7nc(-c8ccccc8)nc(-c8ccccc8)n7)c6)ccc54)cc3)n2)cc1.c1ccc(-c2nc(-c3ccccc3)nc(-c3cccc(-n4c5ccccc5c5cc(-c6ccc7c(c6)c6ccccc6n7-c6cccc(-c7nc(-c8ccccc8)nc(-c8ccccc8)n7)c6)ccc54)c3)n2)cc1. The van der Waals surface area contributed by atoms with Gasteiger partial charge >= 0.3 is 0 Å². The quantitative estimate of drug-likeness (QED) is 0.0796. The Hall–Kier alpha value is -20.4. The van der Waals surface area contributed by atoms with E-state index in [1.807, 2.05) is 243 Å². The predicted octanol–water partition coefficient (Wildman–Crippen LogP) is 31.8. The fourth-order valence-electron chi connectivity index (χ4n) is 20.6. The minimum atomic E-state index is 0.615. The van der Waals surface area contributed by atoms with Crippen molar-refractivity contribution in [1.82, 2.24) is 78.1 Å². The van der Waals surface area contributed by atoms with Crippen LogP contribution in [-0.4, -0.2) is 78.1 Å². The number of nitrogens with zero attached hydrogens (tertiary/aromatic N) is 16. The second-order valence-corrected chi connectivity index (χ2v) is 36.7. The molecule has 8 heterocycles. The summed E-state index contributed by atoms with van der Waals surface area (Å²) in [6.45, 7) is 0. The first-order chi connectivity index (χ1) is 73.3. The van der Waals surface area contributed by atoms with Gasteiger partial charge < -0.3 is 18.3 Å². The van der Waals surface area contributed by atoms with Gasteiger partial charge in [-0.2, -0.15) is 0 Å². The normalized spacial score (nSPS) is 11.5. The fraction of sp³-hybridized carbons (Fsp3) is 0. The molecule has 148 heavy (non-hydrogen) atoms. The van der Waals surface area contributed by atoms with Gasteiger partial charge in [-0.05, 0) is 156 Å². The highest BCUT2D eigenvalue weighted by atomic mass is 15.1. The molecule has 20 aromatic carbocycles. The van der Waals surface area contributed by atoms with E-state index in [1.165, 1.54) is 43.1 Å². The first kappa shape index (κ1) is 86.7. The van der Waals surface area contributed by atoms with E-state index < -0.39 is 0 Å². The van der Waals surface area contributed by atoms with Gasteiger partial charge in [0.25, 0.3) is 0 Å². The zero-order valence-corrected chi connectivity index (χ0v) is 79.7. The number of hydrogen-bond acceptors (Lipinski definition) is 12. The van der Waals surface area contributed by atoms with Gasteiger partial charge in [-0.25, -0.2) is 59.8 Å². The fourth-order valence-corrected chi connectivity index (χ4v) is 20.6. The van der Waals surface area contributed by atoms with Crippen molar-refractivity contribution < 1.29 is 0 Å².